The molecule has 1 aromatic heterocycles. The van der Waals surface area contributed by atoms with Crippen LogP contribution in [0.4, 0.5) is 5.13 Å². The predicted octanol–water partition coefficient (Wildman–Crippen LogP) is 3.77. The number of hydrogen-bond donors (Lipinski definition) is 1. The molecular formula is C17H23N3S. The molecule has 1 atom stereocenters. The van der Waals surface area contributed by atoms with Crippen LogP contribution in [0, 0.1) is 0 Å². The first-order valence-electron chi connectivity index (χ1n) is 7.76. The van der Waals surface area contributed by atoms with Crippen molar-refractivity contribution in [3.8, 4) is 0 Å². The molecule has 0 saturated heterocycles. The van der Waals surface area contributed by atoms with Crippen molar-refractivity contribution in [1.82, 2.24) is 10.3 Å². The monoisotopic (exact) mass is 301 g/mol. The van der Waals surface area contributed by atoms with Crippen LogP contribution in [0.3, 0.4) is 0 Å². The van der Waals surface area contributed by atoms with E-state index in [9.17, 15) is 0 Å². The molecule has 1 aromatic carbocycles. The summed E-state index contributed by atoms with van der Waals surface area (Å²) in [5.41, 5.74) is 2.64. The van der Waals surface area contributed by atoms with Crippen molar-refractivity contribution in [1.29, 1.82) is 0 Å². The molecule has 0 spiro atoms. The Balaban J connectivity index is 1.77. The van der Waals surface area contributed by atoms with Crippen molar-refractivity contribution in [2.75, 3.05) is 18.5 Å². The van der Waals surface area contributed by atoms with Gasteiger partial charge in [0.2, 0.25) is 0 Å². The first-order valence-corrected chi connectivity index (χ1v) is 8.57. The van der Waals surface area contributed by atoms with Gasteiger partial charge in [0.05, 0.1) is 5.69 Å². The summed E-state index contributed by atoms with van der Waals surface area (Å²) in [6.45, 7) is 4.12. The summed E-state index contributed by atoms with van der Waals surface area (Å²) in [6.07, 6.45) is 3.62. The van der Waals surface area contributed by atoms with E-state index in [1.807, 2.05) is 11.3 Å². The third-order valence-corrected chi connectivity index (χ3v) is 5.30. The Bertz CT molecular complexity index is 579. The van der Waals surface area contributed by atoms with Gasteiger partial charge in [0.25, 0.3) is 0 Å². The van der Waals surface area contributed by atoms with Gasteiger partial charge in [-0.15, -0.1) is 0 Å². The Morgan fingerprint density at radius 3 is 2.90 bits per heavy atom. The summed E-state index contributed by atoms with van der Waals surface area (Å²) >= 11 is 1.86. The van der Waals surface area contributed by atoms with Crippen molar-refractivity contribution < 1.29 is 0 Å². The van der Waals surface area contributed by atoms with Gasteiger partial charge in [-0.05, 0) is 31.4 Å². The molecule has 3 rings (SSSR count). The summed E-state index contributed by atoms with van der Waals surface area (Å²) < 4.78 is 0. The van der Waals surface area contributed by atoms with Crippen LogP contribution in [0.5, 0.6) is 0 Å². The molecule has 0 saturated carbocycles. The van der Waals surface area contributed by atoms with Crippen LogP contribution < -0.4 is 10.2 Å². The van der Waals surface area contributed by atoms with E-state index in [0.717, 1.165) is 24.6 Å². The molecule has 1 aliphatic rings. The molecule has 1 aliphatic carbocycles. The second kappa shape index (κ2) is 6.58. The minimum atomic E-state index is 0.509. The van der Waals surface area contributed by atoms with Crippen LogP contribution in [0.1, 0.15) is 41.9 Å². The second-order valence-corrected chi connectivity index (χ2v) is 6.66. The van der Waals surface area contributed by atoms with Crippen molar-refractivity contribution in [3.63, 3.8) is 0 Å². The molecular weight excluding hydrogens is 278 g/mol. The first-order chi connectivity index (χ1) is 10.3. The largest absolute Gasteiger partial charge is 0.347 e. The number of anilines is 1. The average molecular weight is 301 g/mol. The Morgan fingerprint density at radius 1 is 1.33 bits per heavy atom. The van der Waals surface area contributed by atoms with Gasteiger partial charge >= 0.3 is 0 Å². The van der Waals surface area contributed by atoms with Crippen LogP contribution in [-0.2, 0) is 13.0 Å². The highest BCUT2D eigenvalue weighted by Gasteiger charge is 2.24. The van der Waals surface area contributed by atoms with E-state index in [0.29, 0.717) is 6.04 Å². The minimum absolute atomic E-state index is 0.509. The zero-order valence-corrected chi connectivity index (χ0v) is 13.6. The fourth-order valence-corrected chi connectivity index (χ4v) is 4.12. The van der Waals surface area contributed by atoms with Crippen molar-refractivity contribution in [2.24, 2.45) is 0 Å². The van der Waals surface area contributed by atoms with E-state index in [1.54, 1.807) is 0 Å². The highest BCUT2D eigenvalue weighted by atomic mass is 32.1. The maximum absolute atomic E-state index is 4.88. The summed E-state index contributed by atoms with van der Waals surface area (Å²) in [4.78, 5) is 8.61. The lowest BCUT2D eigenvalue weighted by Crippen LogP contribution is -2.23. The second-order valence-electron chi connectivity index (χ2n) is 5.65. The van der Waals surface area contributed by atoms with Gasteiger partial charge in [0.15, 0.2) is 5.13 Å². The van der Waals surface area contributed by atoms with Crippen LogP contribution in [-0.4, -0.2) is 18.6 Å². The smallest absolute Gasteiger partial charge is 0.185 e. The molecule has 1 unspecified atom stereocenters. The Hall–Kier alpha value is -1.39. The first kappa shape index (κ1) is 14.5. The normalized spacial score (nSPS) is 17.5. The lowest BCUT2D eigenvalue weighted by Gasteiger charge is -2.21. The number of aryl methyl sites for hydroxylation is 1. The standard InChI is InChI=1S/C17H23N3S/c1-3-18-14-10-7-11-15-16(14)21-17(19-15)20(2)12-13-8-5-4-6-9-13/h4-6,8-9,14,18H,3,7,10-12H2,1-2H3. The highest BCUT2D eigenvalue weighted by Crippen LogP contribution is 2.37. The predicted molar refractivity (Wildman–Crippen MR) is 90.0 cm³/mol. The molecule has 4 heteroatoms. The summed E-state index contributed by atoms with van der Waals surface area (Å²) in [6, 6.07) is 11.1. The Morgan fingerprint density at radius 2 is 2.14 bits per heavy atom. The average Bonchev–Trinajstić information content (AvgIpc) is 2.94. The fourth-order valence-electron chi connectivity index (χ4n) is 2.94. The van der Waals surface area contributed by atoms with Gasteiger partial charge < -0.3 is 10.2 Å². The van der Waals surface area contributed by atoms with Gasteiger partial charge in [-0.1, -0.05) is 48.6 Å². The fraction of sp³-hybridized carbons (Fsp3) is 0.471. The van der Waals surface area contributed by atoms with Crippen molar-refractivity contribution in [3.05, 3.63) is 46.5 Å². The van der Waals surface area contributed by atoms with Crippen LogP contribution in [0.2, 0.25) is 0 Å². The molecule has 0 aliphatic heterocycles. The van der Waals surface area contributed by atoms with E-state index < -0.39 is 0 Å². The number of benzene rings is 1. The van der Waals surface area contributed by atoms with Gasteiger partial charge in [-0.3, -0.25) is 0 Å². The number of nitrogens with zero attached hydrogens (tertiary/aromatic N) is 2. The quantitative estimate of drug-likeness (QED) is 0.911. The Kier molecular flexibility index (Phi) is 4.56. The van der Waals surface area contributed by atoms with Crippen molar-refractivity contribution in [2.45, 2.75) is 38.8 Å². The third kappa shape index (κ3) is 3.27. The summed E-state index contributed by atoms with van der Waals surface area (Å²) in [5.74, 6) is 0. The lowest BCUT2D eigenvalue weighted by molar-refractivity contribution is 0.476. The number of thiazole rings is 1. The van der Waals surface area contributed by atoms with E-state index in [4.69, 9.17) is 4.98 Å². The third-order valence-electron chi connectivity index (χ3n) is 3.98. The van der Waals surface area contributed by atoms with E-state index in [2.05, 4.69) is 54.5 Å². The minimum Gasteiger partial charge on any atom is -0.347 e. The van der Waals surface area contributed by atoms with Gasteiger partial charge in [-0.25, -0.2) is 4.98 Å². The molecule has 2 aromatic rings. The topological polar surface area (TPSA) is 28.2 Å². The molecule has 0 bridgehead atoms. The summed E-state index contributed by atoms with van der Waals surface area (Å²) in [7, 11) is 2.14. The van der Waals surface area contributed by atoms with Gasteiger partial charge in [0, 0.05) is 24.5 Å². The molecule has 21 heavy (non-hydrogen) atoms. The molecule has 1 N–H and O–H groups in total. The van der Waals surface area contributed by atoms with E-state index in [-0.39, 0.29) is 0 Å². The maximum atomic E-state index is 4.88. The van der Waals surface area contributed by atoms with Crippen LogP contribution in [0.15, 0.2) is 30.3 Å². The zero-order chi connectivity index (χ0) is 14.7. The molecule has 0 fully saturated rings. The van der Waals surface area contributed by atoms with E-state index >= 15 is 0 Å². The highest BCUT2D eigenvalue weighted by molar-refractivity contribution is 7.15. The Labute approximate surface area is 131 Å². The SMILES string of the molecule is CCNC1CCCc2nc(N(C)Cc3ccccc3)sc21. The summed E-state index contributed by atoms with van der Waals surface area (Å²) in [5, 5.41) is 4.74. The van der Waals surface area contributed by atoms with Crippen LogP contribution in [0.25, 0.3) is 0 Å². The number of rotatable bonds is 5. The van der Waals surface area contributed by atoms with E-state index in [1.165, 1.54) is 29.0 Å². The molecule has 0 amide bonds. The maximum Gasteiger partial charge on any atom is 0.185 e. The van der Waals surface area contributed by atoms with Gasteiger partial charge in [-0.2, -0.15) is 0 Å². The number of aromatic nitrogens is 1. The molecule has 0 radical (unpaired) electrons. The molecule has 1 heterocycles. The lowest BCUT2D eigenvalue weighted by atomic mass is 9.98. The van der Waals surface area contributed by atoms with Gasteiger partial charge in [0.1, 0.15) is 0 Å². The number of nitrogens with one attached hydrogen (secondary N) is 1. The van der Waals surface area contributed by atoms with Crippen LogP contribution >= 0.6 is 11.3 Å². The molecule has 112 valence electrons. The number of hydrogen-bond acceptors (Lipinski definition) is 4. The zero-order valence-electron chi connectivity index (χ0n) is 12.8. The molecule has 3 nitrogen and oxygen atoms in total. The number of fused-ring (bicyclic) bond motifs is 1. The van der Waals surface area contributed by atoms with Crippen molar-refractivity contribution >= 4 is 16.5 Å².